The van der Waals surface area contributed by atoms with Gasteiger partial charge in [0.05, 0.1) is 23.5 Å². The SMILES string of the molecule is CCOc1ccc(NC(=O)COc2ccc(/C=N\NC(=O)C(=O)Nc3ccccc3Cl)cc2)cc1. The molecular weight excluding hydrogens is 472 g/mol. The van der Waals surface area contributed by atoms with Gasteiger partial charge >= 0.3 is 11.8 Å². The van der Waals surface area contributed by atoms with E-state index in [1.54, 1.807) is 72.8 Å². The lowest BCUT2D eigenvalue weighted by atomic mass is 10.2. The summed E-state index contributed by atoms with van der Waals surface area (Å²) in [4.78, 5) is 35.9. The minimum absolute atomic E-state index is 0.169. The second kappa shape index (κ2) is 12.8. The van der Waals surface area contributed by atoms with Crippen molar-refractivity contribution >= 4 is 46.9 Å². The van der Waals surface area contributed by atoms with E-state index in [0.29, 0.717) is 34.3 Å². The van der Waals surface area contributed by atoms with Crippen molar-refractivity contribution in [3.63, 3.8) is 0 Å². The standard InChI is InChI=1S/C25H23ClN4O5/c1-2-34-19-13-9-18(10-14-19)28-23(31)16-35-20-11-7-17(8-12-20)15-27-30-25(33)24(32)29-22-6-4-3-5-21(22)26/h3-15H,2,16H2,1H3,(H,28,31)(H,29,32)(H,30,33)/b27-15-. The second-order valence-electron chi connectivity index (χ2n) is 7.00. The number of carbonyl (C=O) groups is 3. The molecule has 0 fully saturated rings. The molecule has 0 aliphatic rings. The lowest BCUT2D eigenvalue weighted by Gasteiger charge is -2.09. The number of amides is 3. The summed E-state index contributed by atoms with van der Waals surface area (Å²) in [5.74, 6) is -0.947. The first-order valence-electron chi connectivity index (χ1n) is 10.6. The monoisotopic (exact) mass is 494 g/mol. The van der Waals surface area contributed by atoms with Gasteiger partial charge in [-0.1, -0.05) is 23.7 Å². The van der Waals surface area contributed by atoms with Crippen LogP contribution < -0.4 is 25.5 Å². The number of nitrogens with one attached hydrogen (secondary N) is 3. The number of para-hydroxylation sites is 1. The van der Waals surface area contributed by atoms with Crippen molar-refractivity contribution in [3.8, 4) is 11.5 Å². The van der Waals surface area contributed by atoms with Gasteiger partial charge in [-0.25, -0.2) is 5.43 Å². The van der Waals surface area contributed by atoms with Crippen LogP contribution in [0.2, 0.25) is 5.02 Å². The van der Waals surface area contributed by atoms with Crippen LogP contribution >= 0.6 is 11.6 Å². The average molecular weight is 495 g/mol. The van der Waals surface area contributed by atoms with Crippen molar-refractivity contribution in [2.24, 2.45) is 5.10 Å². The molecule has 3 N–H and O–H groups in total. The smallest absolute Gasteiger partial charge is 0.329 e. The summed E-state index contributed by atoms with van der Waals surface area (Å²) >= 11 is 5.95. The summed E-state index contributed by atoms with van der Waals surface area (Å²) in [5.41, 5.74) is 3.74. The highest BCUT2D eigenvalue weighted by Crippen LogP contribution is 2.20. The largest absolute Gasteiger partial charge is 0.494 e. The number of carbonyl (C=O) groups excluding carboxylic acids is 3. The predicted octanol–water partition coefficient (Wildman–Crippen LogP) is 3.85. The second-order valence-corrected chi connectivity index (χ2v) is 7.40. The zero-order valence-corrected chi connectivity index (χ0v) is 19.5. The number of benzene rings is 3. The fraction of sp³-hybridized carbons (Fsp3) is 0.120. The first-order chi connectivity index (χ1) is 16.9. The van der Waals surface area contributed by atoms with E-state index >= 15 is 0 Å². The Balaban J connectivity index is 1.42. The van der Waals surface area contributed by atoms with E-state index in [-0.39, 0.29) is 12.5 Å². The van der Waals surface area contributed by atoms with Gasteiger partial charge in [0.1, 0.15) is 11.5 Å². The lowest BCUT2D eigenvalue weighted by molar-refractivity contribution is -0.136. The zero-order valence-electron chi connectivity index (χ0n) is 18.8. The number of anilines is 2. The molecule has 0 bridgehead atoms. The summed E-state index contributed by atoms with van der Waals surface area (Å²) in [6, 6.07) is 20.2. The maximum absolute atomic E-state index is 12.1. The van der Waals surface area contributed by atoms with Gasteiger partial charge in [-0.05, 0) is 73.2 Å². The Morgan fingerprint density at radius 1 is 0.857 bits per heavy atom. The molecule has 3 aromatic carbocycles. The third-order valence-corrected chi connectivity index (χ3v) is 4.74. The van der Waals surface area contributed by atoms with Gasteiger partial charge in [0.15, 0.2) is 6.61 Å². The van der Waals surface area contributed by atoms with Gasteiger partial charge in [0.2, 0.25) is 0 Å². The summed E-state index contributed by atoms with van der Waals surface area (Å²) in [6.07, 6.45) is 1.36. The van der Waals surface area contributed by atoms with Gasteiger partial charge in [-0.2, -0.15) is 5.10 Å². The number of halogens is 1. The van der Waals surface area contributed by atoms with E-state index in [1.165, 1.54) is 6.21 Å². The molecule has 10 heteroatoms. The average Bonchev–Trinajstić information content (AvgIpc) is 2.86. The van der Waals surface area contributed by atoms with Gasteiger partial charge in [0.25, 0.3) is 5.91 Å². The van der Waals surface area contributed by atoms with Crippen molar-refractivity contribution in [3.05, 3.63) is 83.4 Å². The Bertz CT molecular complexity index is 1200. The first-order valence-corrected chi connectivity index (χ1v) is 11.0. The molecule has 3 aromatic rings. The number of hydrogen-bond acceptors (Lipinski definition) is 6. The van der Waals surface area contributed by atoms with E-state index in [2.05, 4.69) is 21.2 Å². The Morgan fingerprint density at radius 3 is 2.20 bits per heavy atom. The summed E-state index contributed by atoms with van der Waals surface area (Å²) in [6.45, 7) is 2.30. The molecule has 0 saturated heterocycles. The predicted molar refractivity (Wildman–Crippen MR) is 134 cm³/mol. The van der Waals surface area contributed by atoms with Gasteiger partial charge in [0, 0.05) is 5.69 Å². The van der Waals surface area contributed by atoms with Crippen LogP contribution in [0.5, 0.6) is 11.5 Å². The molecule has 0 atom stereocenters. The molecule has 9 nitrogen and oxygen atoms in total. The molecule has 3 rings (SSSR count). The topological polar surface area (TPSA) is 118 Å². The molecule has 3 amide bonds. The Kier molecular flexibility index (Phi) is 9.21. The molecule has 0 heterocycles. The summed E-state index contributed by atoms with van der Waals surface area (Å²) in [7, 11) is 0. The Hall–Kier alpha value is -4.37. The maximum atomic E-state index is 12.1. The molecule has 0 saturated carbocycles. The number of hydrazone groups is 1. The van der Waals surface area contributed by atoms with Crippen LogP contribution in [0, 0.1) is 0 Å². The fourth-order valence-electron chi connectivity index (χ4n) is 2.76. The van der Waals surface area contributed by atoms with Crippen molar-refractivity contribution < 1.29 is 23.9 Å². The first kappa shape index (κ1) is 25.3. The maximum Gasteiger partial charge on any atom is 0.329 e. The summed E-state index contributed by atoms with van der Waals surface area (Å²) in [5, 5.41) is 9.21. The van der Waals surface area contributed by atoms with E-state index in [9.17, 15) is 14.4 Å². The number of nitrogens with zero attached hydrogens (tertiary/aromatic N) is 1. The number of hydrogen-bond donors (Lipinski definition) is 3. The highest BCUT2D eigenvalue weighted by molar-refractivity contribution is 6.41. The molecule has 0 spiro atoms. The molecular formula is C25H23ClN4O5. The van der Waals surface area contributed by atoms with E-state index in [1.807, 2.05) is 6.92 Å². The number of rotatable bonds is 9. The van der Waals surface area contributed by atoms with Crippen molar-refractivity contribution in [2.45, 2.75) is 6.92 Å². The van der Waals surface area contributed by atoms with Crippen LogP contribution in [0.25, 0.3) is 0 Å². The Labute approximate surface area is 207 Å². The van der Waals surface area contributed by atoms with Crippen molar-refractivity contribution in [1.29, 1.82) is 0 Å². The van der Waals surface area contributed by atoms with E-state index in [0.717, 1.165) is 5.75 Å². The van der Waals surface area contributed by atoms with Crippen LogP contribution in [0.1, 0.15) is 12.5 Å². The van der Waals surface area contributed by atoms with Crippen molar-refractivity contribution in [2.75, 3.05) is 23.8 Å². The van der Waals surface area contributed by atoms with Gasteiger partial charge < -0.3 is 20.1 Å². The Morgan fingerprint density at radius 2 is 1.51 bits per heavy atom. The third kappa shape index (κ3) is 8.17. The molecule has 0 aliphatic heterocycles. The third-order valence-electron chi connectivity index (χ3n) is 4.41. The van der Waals surface area contributed by atoms with Crippen LogP contribution in [0.3, 0.4) is 0 Å². The highest BCUT2D eigenvalue weighted by atomic mass is 35.5. The van der Waals surface area contributed by atoms with E-state index in [4.69, 9.17) is 21.1 Å². The van der Waals surface area contributed by atoms with Gasteiger partial charge in [-0.3, -0.25) is 14.4 Å². The minimum Gasteiger partial charge on any atom is -0.494 e. The summed E-state index contributed by atoms with van der Waals surface area (Å²) < 4.78 is 10.8. The molecule has 35 heavy (non-hydrogen) atoms. The fourth-order valence-corrected chi connectivity index (χ4v) is 2.94. The van der Waals surface area contributed by atoms with Crippen LogP contribution in [-0.4, -0.2) is 37.1 Å². The van der Waals surface area contributed by atoms with E-state index < -0.39 is 11.8 Å². The van der Waals surface area contributed by atoms with Crippen LogP contribution in [0.4, 0.5) is 11.4 Å². The zero-order chi connectivity index (χ0) is 25.0. The molecule has 0 aromatic heterocycles. The normalized spacial score (nSPS) is 10.5. The molecule has 0 radical (unpaired) electrons. The van der Waals surface area contributed by atoms with Gasteiger partial charge in [-0.15, -0.1) is 0 Å². The lowest BCUT2D eigenvalue weighted by Crippen LogP contribution is -2.32. The van der Waals surface area contributed by atoms with Crippen LogP contribution in [0.15, 0.2) is 77.9 Å². The number of ether oxygens (including phenoxy) is 2. The molecule has 0 aliphatic carbocycles. The van der Waals surface area contributed by atoms with Crippen molar-refractivity contribution in [1.82, 2.24) is 5.43 Å². The minimum atomic E-state index is -0.945. The molecule has 0 unspecified atom stereocenters. The van der Waals surface area contributed by atoms with Crippen LogP contribution in [-0.2, 0) is 14.4 Å². The molecule has 180 valence electrons. The highest BCUT2D eigenvalue weighted by Gasteiger charge is 2.14. The quantitative estimate of drug-likeness (QED) is 0.237.